The van der Waals surface area contributed by atoms with E-state index < -0.39 is 0 Å². The van der Waals surface area contributed by atoms with E-state index in [2.05, 4.69) is 13.8 Å². The van der Waals surface area contributed by atoms with Crippen molar-refractivity contribution in [2.75, 3.05) is 6.61 Å². The minimum Gasteiger partial charge on any atom is -0.493 e. The maximum absolute atomic E-state index is 5.79. The third-order valence-electron chi connectivity index (χ3n) is 5.23. The molecule has 0 aliphatic heterocycles. The Labute approximate surface area is 163 Å². The van der Waals surface area contributed by atoms with Crippen LogP contribution >= 0.6 is 0 Å². The van der Waals surface area contributed by atoms with Crippen molar-refractivity contribution in [1.82, 2.24) is 0 Å². The van der Waals surface area contributed by atoms with Gasteiger partial charge in [-0.1, -0.05) is 121 Å². The first-order valence-corrected chi connectivity index (χ1v) is 11.4. The highest BCUT2D eigenvalue weighted by atomic mass is 16.5. The summed E-state index contributed by atoms with van der Waals surface area (Å²) in [5.74, 6) is 0.938. The molecule has 0 spiro atoms. The minimum absolute atomic E-state index is 0.824. The van der Waals surface area contributed by atoms with E-state index in [9.17, 15) is 0 Å². The number of benzene rings is 1. The normalized spacial score (nSPS) is 11.0. The summed E-state index contributed by atoms with van der Waals surface area (Å²) in [6, 6.07) is 8.03. The average Bonchev–Trinajstić information content (AvgIpc) is 2.65. The topological polar surface area (TPSA) is 9.23 Å². The van der Waals surface area contributed by atoms with Crippen LogP contribution in [0.3, 0.4) is 0 Å². The summed E-state index contributed by atoms with van der Waals surface area (Å²) in [5.41, 5.74) is 0.990. The molecule has 0 bridgehead atoms. The van der Waals surface area contributed by atoms with Gasteiger partial charge in [-0.3, -0.25) is 0 Å². The largest absolute Gasteiger partial charge is 0.493 e. The van der Waals surface area contributed by atoms with Crippen LogP contribution in [-0.4, -0.2) is 6.61 Å². The Morgan fingerprint density at radius 2 is 1.04 bits per heavy atom. The Balaban J connectivity index is 1.74. The number of unbranched alkanes of at least 4 members (excludes halogenated alkanes) is 15. The number of para-hydroxylation sites is 1. The van der Waals surface area contributed by atoms with Crippen molar-refractivity contribution in [2.24, 2.45) is 0 Å². The van der Waals surface area contributed by atoms with Gasteiger partial charge in [-0.15, -0.1) is 0 Å². The zero-order chi connectivity index (χ0) is 18.7. The molecular weight excluding hydrogens is 316 g/mol. The van der Waals surface area contributed by atoms with Crippen LogP contribution in [0.25, 0.3) is 0 Å². The first-order valence-electron chi connectivity index (χ1n) is 11.4. The predicted octanol–water partition coefficient (Wildman–Crippen LogP) is 8.51. The highest BCUT2D eigenvalue weighted by Gasteiger charge is 1.98. The van der Waals surface area contributed by atoms with Gasteiger partial charge in [0.05, 0.1) is 6.61 Å². The maximum atomic E-state index is 5.79. The van der Waals surface area contributed by atoms with Crippen LogP contribution in [0, 0.1) is 6.92 Å². The Hall–Kier alpha value is -0.980. The lowest BCUT2D eigenvalue weighted by molar-refractivity contribution is 0.303. The van der Waals surface area contributed by atoms with Gasteiger partial charge in [0.25, 0.3) is 0 Å². The van der Waals surface area contributed by atoms with Gasteiger partial charge in [0.2, 0.25) is 0 Å². The van der Waals surface area contributed by atoms with Crippen LogP contribution in [0.5, 0.6) is 5.75 Å². The molecule has 0 fully saturated rings. The molecule has 0 heterocycles. The van der Waals surface area contributed by atoms with Crippen molar-refractivity contribution in [3.63, 3.8) is 0 Å². The molecule has 26 heavy (non-hydrogen) atoms. The van der Waals surface area contributed by atoms with E-state index in [1.807, 2.05) is 24.3 Å². The highest BCUT2D eigenvalue weighted by molar-refractivity contribution is 5.35. The summed E-state index contributed by atoms with van der Waals surface area (Å²) in [6.45, 7) is 7.11. The third-order valence-corrected chi connectivity index (χ3v) is 5.23. The Morgan fingerprint density at radius 3 is 1.50 bits per heavy atom. The molecule has 1 rings (SSSR count). The lowest BCUT2D eigenvalue weighted by atomic mass is 10.0. The fourth-order valence-corrected chi connectivity index (χ4v) is 3.48. The summed E-state index contributed by atoms with van der Waals surface area (Å²) in [7, 11) is 0. The van der Waals surface area contributed by atoms with E-state index in [4.69, 9.17) is 4.74 Å². The molecule has 1 heteroatoms. The average molecular weight is 360 g/mol. The molecule has 0 N–H and O–H groups in total. The lowest BCUT2D eigenvalue weighted by Gasteiger charge is -2.08. The van der Waals surface area contributed by atoms with Crippen molar-refractivity contribution in [2.45, 2.75) is 110 Å². The van der Waals surface area contributed by atoms with E-state index in [0.717, 1.165) is 24.3 Å². The second-order valence-electron chi connectivity index (χ2n) is 7.76. The third kappa shape index (κ3) is 13.3. The molecular formula is C25H43O. The van der Waals surface area contributed by atoms with Gasteiger partial charge in [0.15, 0.2) is 0 Å². The van der Waals surface area contributed by atoms with Gasteiger partial charge >= 0.3 is 0 Å². The molecule has 1 radical (unpaired) electrons. The van der Waals surface area contributed by atoms with Gasteiger partial charge in [0, 0.05) is 0 Å². The minimum atomic E-state index is 0.824. The Morgan fingerprint density at radius 1 is 0.615 bits per heavy atom. The number of hydrogen-bond donors (Lipinski definition) is 0. The quantitative estimate of drug-likeness (QED) is 0.239. The zero-order valence-electron chi connectivity index (χ0n) is 17.4. The predicted molar refractivity (Wildman–Crippen MR) is 116 cm³/mol. The molecule has 0 atom stereocenters. The van der Waals surface area contributed by atoms with Crippen LogP contribution in [0.1, 0.15) is 115 Å². The van der Waals surface area contributed by atoms with Crippen LogP contribution in [0.4, 0.5) is 0 Å². The van der Waals surface area contributed by atoms with E-state index in [0.29, 0.717) is 0 Å². The summed E-state index contributed by atoms with van der Waals surface area (Å²) in [4.78, 5) is 0. The molecule has 0 unspecified atom stereocenters. The Kier molecular flexibility index (Phi) is 15.5. The van der Waals surface area contributed by atoms with Crippen LogP contribution in [0.15, 0.2) is 24.3 Å². The fourth-order valence-electron chi connectivity index (χ4n) is 3.48. The SMILES string of the molecule is [CH2]c1ccccc1OCCCCCCCCCCCCCCCCCC. The fraction of sp³-hybridized carbons (Fsp3) is 0.720. The van der Waals surface area contributed by atoms with Gasteiger partial charge in [-0.2, -0.15) is 0 Å². The van der Waals surface area contributed by atoms with Crippen LogP contribution in [-0.2, 0) is 0 Å². The van der Waals surface area contributed by atoms with E-state index in [-0.39, 0.29) is 0 Å². The van der Waals surface area contributed by atoms with E-state index in [1.54, 1.807) is 0 Å². The summed E-state index contributed by atoms with van der Waals surface area (Å²) in [5, 5.41) is 0. The van der Waals surface area contributed by atoms with Crippen molar-refractivity contribution in [1.29, 1.82) is 0 Å². The first kappa shape index (κ1) is 23.1. The molecule has 0 aliphatic carbocycles. The standard InChI is InChI=1S/C25H43O/c1-3-4-5-6-7-8-9-10-11-12-13-14-15-16-17-20-23-26-25-22-19-18-21-24(25)2/h18-19,21-22H,2-17,20,23H2,1H3. The number of rotatable bonds is 18. The lowest BCUT2D eigenvalue weighted by Crippen LogP contribution is -1.98. The smallest absolute Gasteiger partial charge is 0.122 e. The first-order chi connectivity index (χ1) is 12.8. The number of hydrogen-bond acceptors (Lipinski definition) is 1. The molecule has 0 amide bonds. The molecule has 0 aromatic heterocycles. The van der Waals surface area contributed by atoms with Gasteiger partial charge < -0.3 is 4.74 Å². The van der Waals surface area contributed by atoms with Crippen molar-refractivity contribution in [3.8, 4) is 5.75 Å². The van der Waals surface area contributed by atoms with Crippen LogP contribution < -0.4 is 4.74 Å². The number of ether oxygens (including phenoxy) is 1. The molecule has 0 saturated heterocycles. The van der Waals surface area contributed by atoms with Gasteiger partial charge in [-0.25, -0.2) is 0 Å². The molecule has 1 aromatic carbocycles. The van der Waals surface area contributed by atoms with Crippen molar-refractivity contribution < 1.29 is 4.74 Å². The molecule has 1 aromatic rings. The highest BCUT2D eigenvalue weighted by Crippen LogP contribution is 2.17. The van der Waals surface area contributed by atoms with Gasteiger partial charge in [-0.05, 0) is 25.0 Å². The van der Waals surface area contributed by atoms with Crippen molar-refractivity contribution >= 4 is 0 Å². The Bertz CT molecular complexity index is 412. The van der Waals surface area contributed by atoms with E-state index in [1.165, 1.54) is 96.3 Å². The molecule has 149 valence electrons. The van der Waals surface area contributed by atoms with E-state index >= 15 is 0 Å². The summed E-state index contributed by atoms with van der Waals surface area (Å²) >= 11 is 0. The second-order valence-corrected chi connectivity index (χ2v) is 7.76. The summed E-state index contributed by atoms with van der Waals surface area (Å²) in [6.07, 6.45) is 22.5. The van der Waals surface area contributed by atoms with Gasteiger partial charge in [0.1, 0.15) is 5.75 Å². The molecule has 0 aliphatic rings. The second kappa shape index (κ2) is 17.4. The van der Waals surface area contributed by atoms with Crippen LogP contribution in [0.2, 0.25) is 0 Å². The summed E-state index contributed by atoms with van der Waals surface area (Å²) < 4.78 is 5.79. The maximum Gasteiger partial charge on any atom is 0.122 e. The van der Waals surface area contributed by atoms with Crippen molar-refractivity contribution in [3.05, 3.63) is 36.8 Å². The molecule has 1 nitrogen and oxygen atoms in total. The monoisotopic (exact) mass is 359 g/mol. The zero-order valence-corrected chi connectivity index (χ0v) is 17.4. The molecule has 0 saturated carbocycles.